The van der Waals surface area contributed by atoms with Crippen LogP contribution < -0.4 is 15.2 Å². The zero-order chi connectivity index (χ0) is 31.5. The average Bonchev–Trinajstić information content (AvgIpc) is 2.90. The number of nitrogens with two attached hydrogens (primary N) is 1. The van der Waals surface area contributed by atoms with Crippen LogP contribution in [0.3, 0.4) is 0 Å². The van der Waals surface area contributed by atoms with Gasteiger partial charge in [0, 0.05) is 0 Å². The van der Waals surface area contributed by atoms with Gasteiger partial charge in [-0.3, -0.25) is 4.79 Å². The van der Waals surface area contributed by atoms with Gasteiger partial charge in [0.2, 0.25) is 0 Å². The van der Waals surface area contributed by atoms with Crippen LogP contribution in [0.15, 0.2) is 48.5 Å². The van der Waals surface area contributed by atoms with Crippen molar-refractivity contribution in [2.45, 2.75) is 67.0 Å². The van der Waals surface area contributed by atoms with Crippen molar-refractivity contribution in [1.29, 1.82) is 0 Å². The molecule has 0 aliphatic heterocycles. The molecule has 42 heavy (non-hydrogen) atoms. The third-order valence-electron chi connectivity index (χ3n) is 5.18. The summed E-state index contributed by atoms with van der Waals surface area (Å²) in [5.41, 5.74) is 6.32. The number of carbonyl (C=O) groups is 4. The highest BCUT2D eigenvalue weighted by atomic mass is 16.7. The number of rotatable bonds is 11. The summed E-state index contributed by atoms with van der Waals surface area (Å²) in [5.74, 6) is -1.48. The molecule has 0 saturated heterocycles. The Hall–Kier alpha value is -4.12. The van der Waals surface area contributed by atoms with Gasteiger partial charge >= 0.3 is 24.2 Å². The molecule has 0 amide bonds. The topological polar surface area (TPSA) is 150 Å². The van der Waals surface area contributed by atoms with Crippen LogP contribution in [0.5, 0.6) is 11.5 Å². The van der Waals surface area contributed by atoms with Gasteiger partial charge in [-0.2, -0.15) is 0 Å². The number of esters is 2. The molecule has 0 aliphatic carbocycles. The zero-order valence-corrected chi connectivity index (χ0v) is 25.3. The number of hydrogen-bond donors (Lipinski definition) is 1. The summed E-state index contributed by atoms with van der Waals surface area (Å²) < 4.78 is 31.4. The van der Waals surface area contributed by atoms with E-state index in [1.54, 1.807) is 43.3 Å². The van der Waals surface area contributed by atoms with E-state index >= 15 is 0 Å². The molecule has 2 atom stereocenters. The van der Waals surface area contributed by atoms with Gasteiger partial charge in [0.1, 0.15) is 18.8 Å². The Morgan fingerprint density at radius 1 is 0.762 bits per heavy atom. The molecule has 0 fully saturated rings. The summed E-state index contributed by atoms with van der Waals surface area (Å²) in [7, 11) is 0. The Kier molecular flexibility index (Phi) is 12.3. The second kappa shape index (κ2) is 15.2. The number of benzene rings is 2. The lowest BCUT2D eigenvalue weighted by molar-refractivity contribution is -0.148. The molecule has 0 aliphatic rings. The smallest absolute Gasteiger partial charge is 0.461 e. The van der Waals surface area contributed by atoms with Crippen LogP contribution in [-0.4, -0.2) is 56.2 Å². The predicted octanol–water partition coefficient (Wildman–Crippen LogP) is 5.47. The lowest BCUT2D eigenvalue weighted by Gasteiger charge is -2.19. The summed E-state index contributed by atoms with van der Waals surface area (Å²) >= 11 is 0. The molecule has 0 aromatic heterocycles. The van der Waals surface area contributed by atoms with Crippen molar-refractivity contribution >= 4 is 24.2 Å². The van der Waals surface area contributed by atoms with Crippen molar-refractivity contribution in [2.75, 3.05) is 19.8 Å². The van der Waals surface area contributed by atoms with Gasteiger partial charge in [-0.1, -0.05) is 65.8 Å². The number of carbonyl (C=O) groups excluding carboxylic acids is 4. The Labute approximate surface area is 246 Å². The normalized spacial score (nSPS) is 12.9. The minimum absolute atomic E-state index is 0.000827. The van der Waals surface area contributed by atoms with Gasteiger partial charge in [-0.05, 0) is 54.0 Å². The number of hydrogen-bond acceptors (Lipinski definition) is 11. The fraction of sp³-hybridized carbons (Fsp3) is 0.484. The largest absolute Gasteiger partial charge is 0.513 e. The summed E-state index contributed by atoms with van der Waals surface area (Å²) in [6, 6.07) is 11.7. The summed E-state index contributed by atoms with van der Waals surface area (Å²) in [6.07, 6.45) is -2.69. The first-order chi connectivity index (χ1) is 19.5. The third-order valence-corrected chi connectivity index (χ3v) is 5.18. The monoisotopic (exact) mass is 587 g/mol. The van der Waals surface area contributed by atoms with E-state index in [1.165, 1.54) is 12.1 Å². The van der Waals surface area contributed by atoms with E-state index in [0.29, 0.717) is 11.1 Å². The SMILES string of the molecule is C[C@@H](COC(=O)[C@@H](N)Cc1ccc(OC(=O)OCC(C)(C)C)c(OC(=O)OCC(C)(C)C)c1)OC(=O)c1ccccc1. The Bertz CT molecular complexity index is 1210. The number of ether oxygens (including phenoxy) is 6. The summed E-state index contributed by atoms with van der Waals surface area (Å²) in [6.45, 7) is 12.9. The van der Waals surface area contributed by atoms with Gasteiger partial charge in [-0.15, -0.1) is 0 Å². The molecule has 0 saturated carbocycles. The molecular weight excluding hydrogens is 546 g/mol. The average molecular weight is 588 g/mol. The molecule has 2 aromatic rings. The quantitative estimate of drug-likeness (QED) is 0.203. The van der Waals surface area contributed by atoms with Crippen molar-refractivity contribution < 1.29 is 47.6 Å². The van der Waals surface area contributed by atoms with E-state index in [4.69, 9.17) is 34.2 Å². The van der Waals surface area contributed by atoms with Crippen molar-refractivity contribution in [1.82, 2.24) is 0 Å². The van der Waals surface area contributed by atoms with E-state index in [0.717, 1.165) is 0 Å². The molecule has 2 N–H and O–H groups in total. The maximum absolute atomic E-state index is 12.5. The Morgan fingerprint density at radius 3 is 1.86 bits per heavy atom. The molecular formula is C31H41NO10. The third kappa shape index (κ3) is 13.0. The highest BCUT2D eigenvalue weighted by Gasteiger charge is 2.23. The first kappa shape index (κ1) is 34.1. The second-order valence-electron chi connectivity index (χ2n) is 12.2. The van der Waals surface area contributed by atoms with Gasteiger partial charge in [0.25, 0.3) is 0 Å². The molecule has 0 heterocycles. The van der Waals surface area contributed by atoms with Crippen molar-refractivity contribution in [3.05, 3.63) is 59.7 Å². The van der Waals surface area contributed by atoms with Crippen LogP contribution >= 0.6 is 0 Å². The highest BCUT2D eigenvalue weighted by Crippen LogP contribution is 2.30. The van der Waals surface area contributed by atoms with Crippen molar-refractivity contribution in [3.63, 3.8) is 0 Å². The fourth-order valence-electron chi connectivity index (χ4n) is 3.14. The van der Waals surface area contributed by atoms with Crippen LogP contribution in [0.4, 0.5) is 9.59 Å². The maximum Gasteiger partial charge on any atom is 0.513 e. The zero-order valence-electron chi connectivity index (χ0n) is 25.3. The molecule has 230 valence electrons. The standard InChI is InChI=1S/C31H41NO10/c1-20(40-26(33)22-11-9-8-10-12-22)17-37-27(34)23(32)15-21-13-14-24(41-28(35)38-18-30(2,3)4)25(16-21)42-29(36)39-19-31(5,6)7/h8-14,16,20,23H,15,17-19,32H2,1-7H3/t20-,23-/m0/s1. The molecule has 11 nitrogen and oxygen atoms in total. The van der Waals surface area contributed by atoms with E-state index in [-0.39, 0.29) is 48.6 Å². The van der Waals surface area contributed by atoms with Gasteiger partial charge in [0.15, 0.2) is 11.5 Å². The van der Waals surface area contributed by atoms with Gasteiger partial charge in [-0.25, -0.2) is 14.4 Å². The minimum Gasteiger partial charge on any atom is -0.461 e. The van der Waals surface area contributed by atoms with E-state index in [1.807, 2.05) is 41.5 Å². The first-order valence-electron chi connectivity index (χ1n) is 13.5. The predicted molar refractivity (Wildman–Crippen MR) is 153 cm³/mol. The molecule has 11 heteroatoms. The lowest BCUT2D eigenvalue weighted by atomic mass is 9.99. The van der Waals surface area contributed by atoms with E-state index < -0.39 is 36.4 Å². The van der Waals surface area contributed by atoms with Crippen LogP contribution in [0.2, 0.25) is 0 Å². The molecule has 2 aromatic carbocycles. The molecule has 0 radical (unpaired) electrons. The molecule has 0 bridgehead atoms. The molecule has 0 unspecified atom stereocenters. The second-order valence-corrected chi connectivity index (χ2v) is 12.2. The molecule has 2 rings (SSSR count). The van der Waals surface area contributed by atoms with Crippen LogP contribution in [-0.2, 0) is 30.2 Å². The van der Waals surface area contributed by atoms with Crippen LogP contribution in [0.25, 0.3) is 0 Å². The fourth-order valence-corrected chi connectivity index (χ4v) is 3.14. The first-order valence-corrected chi connectivity index (χ1v) is 13.5. The summed E-state index contributed by atoms with van der Waals surface area (Å²) in [5, 5.41) is 0. The maximum atomic E-state index is 12.5. The lowest BCUT2D eigenvalue weighted by Crippen LogP contribution is -2.36. The van der Waals surface area contributed by atoms with Crippen LogP contribution in [0, 0.1) is 10.8 Å². The molecule has 0 spiro atoms. The van der Waals surface area contributed by atoms with Gasteiger partial charge < -0.3 is 34.2 Å². The van der Waals surface area contributed by atoms with Crippen molar-refractivity contribution in [3.8, 4) is 11.5 Å². The van der Waals surface area contributed by atoms with Crippen molar-refractivity contribution in [2.24, 2.45) is 16.6 Å². The van der Waals surface area contributed by atoms with E-state index in [2.05, 4.69) is 0 Å². The minimum atomic E-state index is -1.09. The van der Waals surface area contributed by atoms with Crippen LogP contribution in [0.1, 0.15) is 64.4 Å². The van der Waals surface area contributed by atoms with E-state index in [9.17, 15) is 19.2 Å². The van der Waals surface area contributed by atoms with Gasteiger partial charge in [0.05, 0.1) is 18.8 Å². The Balaban J connectivity index is 2.04. The summed E-state index contributed by atoms with van der Waals surface area (Å²) in [4.78, 5) is 49.3. The Morgan fingerprint density at radius 2 is 1.31 bits per heavy atom. The highest BCUT2D eigenvalue weighted by molar-refractivity contribution is 5.89.